The predicted molar refractivity (Wildman–Crippen MR) is 118 cm³/mol. The summed E-state index contributed by atoms with van der Waals surface area (Å²) in [7, 11) is 0. The van der Waals surface area contributed by atoms with Gasteiger partial charge in [0.25, 0.3) is 0 Å². The van der Waals surface area contributed by atoms with Gasteiger partial charge in [-0.3, -0.25) is 10.2 Å². The number of benzene rings is 2. The van der Waals surface area contributed by atoms with E-state index in [2.05, 4.69) is 5.32 Å². The summed E-state index contributed by atoms with van der Waals surface area (Å²) in [6, 6.07) is 14.7. The Bertz CT molecular complexity index is 928. The number of carbonyl (C=O) groups excluding carboxylic acids is 1. The molecule has 1 saturated heterocycles. The lowest BCUT2D eigenvalue weighted by Gasteiger charge is -2.24. The van der Waals surface area contributed by atoms with Gasteiger partial charge in [-0.25, -0.2) is 4.79 Å². The Hall–Kier alpha value is -3.55. The fraction of sp³-hybridized carbons (Fsp3) is 0.348. The lowest BCUT2D eigenvalue weighted by Crippen LogP contribution is -2.45. The van der Waals surface area contributed by atoms with Crippen LogP contribution in [-0.4, -0.2) is 53.6 Å². The van der Waals surface area contributed by atoms with E-state index in [0.717, 1.165) is 11.1 Å². The zero-order chi connectivity index (χ0) is 22.4. The SMILES string of the molecule is CCNC(=O)N1C[C@H](CC(=O)O)C[C@H]1COc1ccc(-c2ccc(C(=N)N)cc2)cc1. The number of likely N-dealkylation sites (tertiary alicyclic amines) is 1. The molecule has 8 heteroatoms. The molecular formula is C23H28N4O4. The van der Waals surface area contributed by atoms with Crippen LogP contribution in [0.25, 0.3) is 11.1 Å². The largest absolute Gasteiger partial charge is 0.491 e. The van der Waals surface area contributed by atoms with E-state index in [0.29, 0.717) is 37.4 Å². The molecule has 2 aromatic rings. The molecule has 0 spiro atoms. The molecule has 164 valence electrons. The number of carboxylic acids is 1. The molecule has 31 heavy (non-hydrogen) atoms. The molecule has 2 atom stereocenters. The van der Waals surface area contributed by atoms with Gasteiger partial charge in [0, 0.05) is 25.1 Å². The zero-order valence-corrected chi connectivity index (χ0v) is 17.5. The first-order valence-corrected chi connectivity index (χ1v) is 10.3. The van der Waals surface area contributed by atoms with E-state index in [1.165, 1.54) is 0 Å². The number of amidine groups is 1. The number of nitrogens with two attached hydrogens (primary N) is 1. The van der Waals surface area contributed by atoms with E-state index in [1.807, 2.05) is 55.5 Å². The fourth-order valence-electron chi connectivity index (χ4n) is 3.85. The van der Waals surface area contributed by atoms with Crippen LogP contribution in [0.1, 0.15) is 25.3 Å². The minimum Gasteiger partial charge on any atom is -0.491 e. The van der Waals surface area contributed by atoms with Crippen LogP contribution >= 0.6 is 0 Å². The normalized spacial score (nSPS) is 17.9. The van der Waals surface area contributed by atoms with Crippen LogP contribution in [0.4, 0.5) is 4.79 Å². The van der Waals surface area contributed by atoms with Gasteiger partial charge >= 0.3 is 12.0 Å². The number of urea groups is 1. The molecule has 1 fully saturated rings. The second-order valence-electron chi connectivity index (χ2n) is 7.67. The van der Waals surface area contributed by atoms with Gasteiger partial charge in [-0.15, -0.1) is 0 Å². The third kappa shape index (κ3) is 5.75. The quantitative estimate of drug-likeness (QED) is 0.383. The molecule has 0 saturated carbocycles. The van der Waals surface area contributed by atoms with Crippen molar-refractivity contribution in [3.8, 4) is 16.9 Å². The number of nitrogens with one attached hydrogen (secondary N) is 2. The number of aliphatic carboxylic acids is 1. The lowest BCUT2D eigenvalue weighted by atomic mass is 10.0. The van der Waals surface area contributed by atoms with Crippen molar-refractivity contribution in [1.29, 1.82) is 5.41 Å². The van der Waals surface area contributed by atoms with E-state index in [1.54, 1.807) is 4.90 Å². The number of nitrogen functional groups attached to an aromatic ring is 1. The summed E-state index contributed by atoms with van der Waals surface area (Å²) < 4.78 is 5.93. The first-order valence-electron chi connectivity index (χ1n) is 10.3. The number of hydrogen-bond acceptors (Lipinski definition) is 4. The van der Waals surface area contributed by atoms with Crippen LogP contribution in [0, 0.1) is 11.3 Å². The molecule has 3 rings (SSSR count). The number of rotatable bonds is 8. The maximum atomic E-state index is 12.4. The molecule has 0 bridgehead atoms. The van der Waals surface area contributed by atoms with Crippen molar-refractivity contribution in [2.75, 3.05) is 19.7 Å². The Kier molecular flexibility index (Phi) is 7.12. The van der Waals surface area contributed by atoms with Crippen LogP contribution < -0.4 is 15.8 Å². The van der Waals surface area contributed by atoms with Gasteiger partial charge in [0.15, 0.2) is 0 Å². The van der Waals surface area contributed by atoms with Crippen molar-refractivity contribution in [2.45, 2.75) is 25.8 Å². The van der Waals surface area contributed by atoms with Crippen LogP contribution in [0.3, 0.4) is 0 Å². The van der Waals surface area contributed by atoms with Gasteiger partial charge in [0.05, 0.1) is 6.04 Å². The Balaban J connectivity index is 1.62. The van der Waals surface area contributed by atoms with Crippen molar-refractivity contribution in [3.63, 3.8) is 0 Å². The van der Waals surface area contributed by atoms with Gasteiger partial charge in [-0.1, -0.05) is 36.4 Å². The topological polar surface area (TPSA) is 129 Å². The fourth-order valence-corrected chi connectivity index (χ4v) is 3.85. The second-order valence-corrected chi connectivity index (χ2v) is 7.67. The van der Waals surface area contributed by atoms with Gasteiger partial charge in [-0.05, 0) is 42.5 Å². The Labute approximate surface area is 181 Å². The number of amides is 2. The summed E-state index contributed by atoms with van der Waals surface area (Å²) >= 11 is 0. The van der Waals surface area contributed by atoms with Crippen molar-refractivity contribution in [3.05, 3.63) is 54.1 Å². The summed E-state index contributed by atoms with van der Waals surface area (Å²) in [5.41, 5.74) is 8.19. The summed E-state index contributed by atoms with van der Waals surface area (Å²) in [5, 5.41) is 19.3. The summed E-state index contributed by atoms with van der Waals surface area (Å²) in [5.74, 6) is -0.209. The van der Waals surface area contributed by atoms with Gasteiger partial charge in [0.2, 0.25) is 0 Å². The van der Waals surface area contributed by atoms with Gasteiger partial charge < -0.3 is 25.8 Å². The van der Waals surface area contributed by atoms with Crippen LogP contribution in [0.5, 0.6) is 5.75 Å². The standard InChI is InChI=1S/C23H28N4O4/c1-2-26-23(30)27-13-15(12-21(28)29)11-19(27)14-31-20-9-7-17(8-10-20)16-3-5-18(6-4-16)22(24)25/h3-10,15,19H,2,11-14H2,1H3,(H3,24,25)(H,26,30)(H,28,29)/t15-,19-/m0/s1. The number of carbonyl (C=O) groups is 2. The maximum Gasteiger partial charge on any atom is 0.317 e. The Morgan fingerprint density at radius 3 is 2.32 bits per heavy atom. The first kappa shape index (κ1) is 22.1. The number of nitrogens with zero attached hydrogens (tertiary/aromatic N) is 1. The molecule has 2 aromatic carbocycles. The highest BCUT2D eigenvalue weighted by molar-refractivity contribution is 5.95. The molecule has 1 aliphatic heterocycles. The van der Waals surface area contributed by atoms with Crippen molar-refractivity contribution < 1.29 is 19.4 Å². The molecule has 5 N–H and O–H groups in total. The van der Waals surface area contributed by atoms with Crippen molar-refractivity contribution in [2.24, 2.45) is 11.7 Å². The Morgan fingerprint density at radius 2 is 1.77 bits per heavy atom. The van der Waals surface area contributed by atoms with E-state index < -0.39 is 5.97 Å². The third-order valence-electron chi connectivity index (χ3n) is 5.38. The van der Waals surface area contributed by atoms with Crippen LogP contribution in [0.2, 0.25) is 0 Å². The summed E-state index contributed by atoms with van der Waals surface area (Å²) in [4.78, 5) is 25.1. The molecule has 0 radical (unpaired) electrons. The Morgan fingerprint density at radius 1 is 1.16 bits per heavy atom. The number of carboxylic acid groups (broad SMARTS) is 1. The van der Waals surface area contributed by atoms with Crippen molar-refractivity contribution in [1.82, 2.24) is 10.2 Å². The predicted octanol–water partition coefficient (Wildman–Crippen LogP) is 2.91. The van der Waals surface area contributed by atoms with Gasteiger partial charge in [-0.2, -0.15) is 0 Å². The number of ether oxygens (including phenoxy) is 1. The molecule has 1 aliphatic rings. The highest BCUT2D eigenvalue weighted by atomic mass is 16.5. The lowest BCUT2D eigenvalue weighted by molar-refractivity contribution is -0.138. The average Bonchev–Trinajstić information content (AvgIpc) is 3.15. The van der Waals surface area contributed by atoms with Crippen molar-refractivity contribution >= 4 is 17.8 Å². The van der Waals surface area contributed by atoms with Crippen LogP contribution in [-0.2, 0) is 4.79 Å². The average molecular weight is 425 g/mol. The van der Waals surface area contributed by atoms with E-state index in [4.69, 9.17) is 21.0 Å². The highest BCUT2D eigenvalue weighted by Gasteiger charge is 2.36. The van der Waals surface area contributed by atoms with E-state index >= 15 is 0 Å². The summed E-state index contributed by atoms with van der Waals surface area (Å²) in [6.45, 7) is 3.09. The molecule has 8 nitrogen and oxygen atoms in total. The minimum absolute atomic E-state index is 0.0365. The molecule has 0 unspecified atom stereocenters. The monoisotopic (exact) mass is 424 g/mol. The minimum atomic E-state index is -0.852. The van der Waals surface area contributed by atoms with Gasteiger partial charge in [0.1, 0.15) is 18.2 Å². The first-order chi connectivity index (χ1) is 14.9. The van der Waals surface area contributed by atoms with E-state index in [9.17, 15) is 9.59 Å². The maximum absolute atomic E-state index is 12.4. The van der Waals surface area contributed by atoms with Crippen LogP contribution in [0.15, 0.2) is 48.5 Å². The smallest absolute Gasteiger partial charge is 0.317 e. The molecule has 2 amide bonds. The third-order valence-corrected chi connectivity index (χ3v) is 5.38. The second kappa shape index (κ2) is 9.97. The highest BCUT2D eigenvalue weighted by Crippen LogP contribution is 2.28. The molecule has 0 aromatic heterocycles. The summed E-state index contributed by atoms with van der Waals surface area (Å²) in [6.07, 6.45) is 0.646. The molecule has 0 aliphatic carbocycles. The molecular weight excluding hydrogens is 396 g/mol. The number of hydrogen-bond donors (Lipinski definition) is 4. The zero-order valence-electron chi connectivity index (χ0n) is 17.5. The molecule has 1 heterocycles. The van der Waals surface area contributed by atoms with E-state index in [-0.39, 0.29) is 30.2 Å².